The van der Waals surface area contributed by atoms with Crippen LogP contribution in [0, 0.1) is 0 Å². The van der Waals surface area contributed by atoms with Gasteiger partial charge >= 0.3 is 0 Å². The van der Waals surface area contributed by atoms with Crippen molar-refractivity contribution in [1.82, 2.24) is 56.5 Å². The smallest absolute Gasteiger partial charge is 0.237 e. The van der Waals surface area contributed by atoms with Crippen molar-refractivity contribution in [2.45, 2.75) is 0 Å². The maximum Gasteiger partial charge on any atom is 0.237 e. The lowest BCUT2D eigenvalue weighted by Crippen LogP contribution is -2.07. The van der Waals surface area contributed by atoms with Crippen molar-refractivity contribution in [1.29, 1.82) is 0 Å². The van der Waals surface area contributed by atoms with Gasteiger partial charge in [-0.05, 0) is 251 Å². The van der Waals surface area contributed by atoms with Gasteiger partial charge in [0.05, 0.1) is 99.5 Å². The predicted molar refractivity (Wildman–Crippen MR) is 623 cm³/mol. The first-order chi connectivity index (χ1) is 74.4. The fourth-order valence-electron chi connectivity index (χ4n) is 24.3. The molecule has 22 aromatic carbocycles. The number of fused-ring (bicyclic) bond motifs is 25. The van der Waals surface area contributed by atoms with Crippen LogP contribution in [0.15, 0.2) is 522 Å². The Morgan fingerprint density at radius 1 is 0.120 bits per heavy atom. The molecular weight excluding hydrogens is 1830 g/mol. The largest absolute Gasteiger partial charge is 0.309 e. The van der Waals surface area contributed by atoms with Crippen molar-refractivity contribution in [3.63, 3.8) is 0 Å². The summed E-state index contributed by atoms with van der Waals surface area (Å²) in [7, 11) is 0. The third-order valence-corrected chi connectivity index (χ3v) is 31.0. The quantitative estimate of drug-likeness (QED) is 0.115. The van der Waals surface area contributed by atoms with Gasteiger partial charge in [0.15, 0.2) is 5.82 Å². The van der Waals surface area contributed by atoms with Gasteiger partial charge in [-0.1, -0.05) is 309 Å². The molecule has 0 spiro atoms. The van der Waals surface area contributed by atoms with Crippen LogP contribution in [-0.2, 0) is 0 Å². The third kappa shape index (κ3) is 13.1. The van der Waals surface area contributed by atoms with E-state index in [0.717, 1.165) is 161 Å². The summed E-state index contributed by atoms with van der Waals surface area (Å²) in [5, 5.41) is 20.1. The molecule has 0 unspecified atom stereocenters. The molecule has 10 heterocycles. The maximum absolute atomic E-state index is 5.64. The lowest BCUT2D eigenvalue weighted by molar-refractivity contribution is 0.952. The molecule has 150 heavy (non-hydrogen) atoms. The summed E-state index contributed by atoms with van der Waals surface area (Å²) >= 11 is 0. The second kappa shape index (κ2) is 33.6. The topological polar surface area (TPSA) is 91.0 Å². The van der Waals surface area contributed by atoms with Crippen molar-refractivity contribution in [3.8, 4) is 102 Å². The number of benzene rings is 22. The molecule has 12 heteroatoms. The Labute approximate surface area is 859 Å². The standard InChI is InChI=1S/C70H44N6.C68H42N6/c1-4-18-45(19-5-1)60-44-69(75-63-30-16-12-26-54(63)58-42-48(34-38-67(58)75)46-32-36-65-56(40-46)52-24-10-14-28-61(52)73(65)50-20-6-2-7-21-50)72-70(71-60)76-64-31-17-13-27-55(64)59-43-49(35-39-68(59)76)47-33-37-66-57(41-47)53-25-11-15-29-62(53)74(66)51-22-8-3-9-23-51;1-3-17-47(18-4-1)71-59-27-13-8-21-49(59)54-39-43(31-35-63(54)71)45-33-37-65-56(41-45)51-23-10-15-29-61(51)73(65)67-53-25-7-12-26-58(53)69-68(70-67)74-62-30-16-11-24-52(62)57-42-46(34-38-66(57)74)44-32-36-64-55(40-44)50-22-9-14-28-60(50)72(64)48-19-5-2-6-20-48/h1-44H;1-42H. The zero-order chi connectivity index (χ0) is 98.3. The summed E-state index contributed by atoms with van der Waals surface area (Å²) in [6, 6.07) is 188. The van der Waals surface area contributed by atoms with Crippen LogP contribution in [-0.4, -0.2) is 56.5 Å². The van der Waals surface area contributed by atoms with Crippen LogP contribution in [0.25, 0.3) is 287 Å². The second-order valence-corrected chi connectivity index (χ2v) is 39.2. The van der Waals surface area contributed by atoms with Gasteiger partial charge in [0.25, 0.3) is 0 Å². The Morgan fingerprint density at radius 2 is 0.327 bits per heavy atom. The molecule has 32 rings (SSSR count). The molecule has 12 nitrogen and oxygen atoms in total. The van der Waals surface area contributed by atoms with Gasteiger partial charge in [-0.3, -0.25) is 18.3 Å². The van der Waals surface area contributed by atoms with Crippen molar-refractivity contribution >= 4 is 185 Å². The summed E-state index contributed by atoms with van der Waals surface area (Å²) in [5.41, 5.74) is 34.7. The van der Waals surface area contributed by atoms with Crippen molar-refractivity contribution in [3.05, 3.63) is 522 Å². The molecule has 32 aromatic rings. The van der Waals surface area contributed by atoms with Crippen LogP contribution >= 0.6 is 0 Å². The van der Waals surface area contributed by atoms with Crippen molar-refractivity contribution < 1.29 is 0 Å². The summed E-state index contributed by atoms with van der Waals surface area (Å²) in [4.78, 5) is 22.1. The van der Waals surface area contributed by atoms with E-state index >= 15 is 0 Å². The highest BCUT2D eigenvalue weighted by molar-refractivity contribution is 6.19. The van der Waals surface area contributed by atoms with Crippen LogP contribution in [0.4, 0.5) is 0 Å². The van der Waals surface area contributed by atoms with Crippen LogP contribution in [0.3, 0.4) is 0 Å². The minimum absolute atomic E-state index is 0.607. The molecule has 0 amide bonds. The normalized spacial score (nSPS) is 12.0. The van der Waals surface area contributed by atoms with Crippen LogP contribution in [0.1, 0.15) is 0 Å². The van der Waals surface area contributed by atoms with E-state index in [1.165, 1.54) is 115 Å². The summed E-state index contributed by atoms with van der Waals surface area (Å²) in [6.45, 7) is 0. The zero-order valence-corrected chi connectivity index (χ0v) is 81.0. The Balaban J connectivity index is 0.000000135. The van der Waals surface area contributed by atoms with Crippen molar-refractivity contribution in [2.24, 2.45) is 0 Å². The molecule has 0 aliphatic heterocycles. The number of rotatable bonds is 13. The third-order valence-electron chi connectivity index (χ3n) is 31.0. The average molecular weight is 1910 g/mol. The van der Waals surface area contributed by atoms with Crippen LogP contribution < -0.4 is 0 Å². The zero-order valence-electron chi connectivity index (χ0n) is 81.0. The lowest BCUT2D eigenvalue weighted by atomic mass is 10.0. The van der Waals surface area contributed by atoms with E-state index in [2.05, 4.69) is 558 Å². The van der Waals surface area contributed by atoms with Gasteiger partial charge < -0.3 is 18.3 Å². The van der Waals surface area contributed by atoms with Crippen molar-refractivity contribution in [2.75, 3.05) is 0 Å². The number of hydrogen-bond donors (Lipinski definition) is 0. The molecule has 0 radical (unpaired) electrons. The molecule has 0 aliphatic carbocycles. The Hall–Kier alpha value is -20.3. The van der Waals surface area contributed by atoms with E-state index in [0.29, 0.717) is 11.9 Å². The maximum atomic E-state index is 5.64. The number of nitrogens with zero attached hydrogens (tertiary/aromatic N) is 12. The number of hydrogen-bond acceptors (Lipinski definition) is 4. The second-order valence-electron chi connectivity index (χ2n) is 39.2. The van der Waals surface area contributed by atoms with Gasteiger partial charge in [-0.2, -0.15) is 9.97 Å². The fourth-order valence-corrected chi connectivity index (χ4v) is 24.3. The van der Waals surface area contributed by atoms with Crippen LogP contribution in [0.5, 0.6) is 0 Å². The van der Waals surface area contributed by atoms with Gasteiger partial charge in [0.1, 0.15) is 5.82 Å². The molecule has 0 atom stereocenters. The highest BCUT2D eigenvalue weighted by Gasteiger charge is 2.28. The molecule has 698 valence electrons. The van der Waals surface area contributed by atoms with Gasteiger partial charge in [0, 0.05) is 126 Å². The minimum atomic E-state index is 0.607. The predicted octanol–water partition coefficient (Wildman–Crippen LogP) is 35.2. The summed E-state index contributed by atoms with van der Waals surface area (Å²) in [5.74, 6) is 2.86. The highest BCUT2D eigenvalue weighted by atomic mass is 15.2. The van der Waals surface area contributed by atoms with Gasteiger partial charge in [-0.25, -0.2) is 9.97 Å². The molecule has 0 aliphatic rings. The Bertz CT molecular complexity index is 10900. The van der Waals surface area contributed by atoms with Gasteiger partial charge in [-0.15, -0.1) is 0 Å². The molecule has 0 saturated heterocycles. The Morgan fingerprint density at radius 3 is 0.620 bits per heavy atom. The lowest BCUT2D eigenvalue weighted by Gasteiger charge is -2.14. The van der Waals surface area contributed by atoms with E-state index in [1.54, 1.807) is 0 Å². The number of aromatic nitrogens is 12. The SMILES string of the molecule is c1ccc(-c2cc(-n3c4ccccc4c4cc(-c5ccc6c(c5)c5ccccc5n6-c5ccccc5)ccc43)nc(-n3c4ccccc4c4cc(-c5ccc6c(c5)c5ccccc5n6-c5ccccc5)ccc43)n2)cc1.c1ccc(-n2c3ccccc3c3cc(-c4ccc5c(c4)c4ccccc4n5-c4nc(-n5c6ccccc6c6cc(-c7ccc8c(c7)c7ccccc7n8-c7ccccc7)ccc65)c5ccccc5n4)ccc32)cc1. The minimum Gasteiger partial charge on any atom is -0.309 e. The first-order valence-electron chi connectivity index (χ1n) is 51.1. The first kappa shape index (κ1) is 84.2. The average Bonchev–Trinajstić information content (AvgIpc) is 1.57. The van der Waals surface area contributed by atoms with Gasteiger partial charge in [0.2, 0.25) is 11.9 Å². The van der Waals surface area contributed by atoms with E-state index in [4.69, 9.17) is 19.9 Å². The molecule has 0 N–H and O–H groups in total. The molecule has 0 bridgehead atoms. The first-order valence-corrected chi connectivity index (χ1v) is 51.1. The molecule has 0 fully saturated rings. The highest BCUT2D eigenvalue weighted by Crippen LogP contribution is 2.48. The molecule has 0 saturated carbocycles. The summed E-state index contributed by atoms with van der Waals surface area (Å²) in [6.07, 6.45) is 0. The Kier molecular flexibility index (Phi) is 18.9. The number of para-hydroxylation sites is 13. The van der Waals surface area contributed by atoms with E-state index in [-0.39, 0.29) is 0 Å². The van der Waals surface area contributed by atoms with Crippen LogP contribution in [0.2, 0.25) is 0 Å². The summed E-state index contributed by atoms with van der Waals surface area (Å²) < 4.78 is 18.6. The monoisotopic (exact) mass is 1910 g/mol. The molecule has 10 aromatic heterocycles. The van der Waals surface area contributed by atoms with E-state index < -0.39 is 0 Å². The van der Waals surface area contributed by atoms with E-state index in [1.807, 2.05) is 0 Å². The fraction of sp³-hybridized carbons (Fsp3) is 0. The van der Waals surface area contributed by atoms with E-state index in [9.17, 15) is 0 Å². The molecular formula is C138H86N12.